The lowest BCUT2D eigenvalue weighted by Gasteiger charge is -2.48. The van der Waals surface area contributed by atoms with Gasteiger partial charge in [-0.1, -0.05) is 59.3 Å². The molecule has 0 radical (unpaired) electrons. The molecule has 45 heavy (non-hydrogen) atoms. The number of ether oxygens (including phenoxy) is 5. The Kier molecular flexibility index (Phi) is 15.7. The molecule has 0 spiro atoms. The lowest BCUT2D eigenvalue weighted by molar-refractivity contribution is -0.297. The number of hydrogen-bond acceptors (Lipinski definition) is 9. The third-order valence-electron chi connectivity index (χ3n) is 9.83. The zero-order valence-corrected chi connectivity index (χ0v) is 29.7. The molecule has 1 amide bonds. The fourth-order valence-electron chi connectivity index (χ4n) is 6.75. The van der Waals surface area contributed by atoms with Crippen LogP contribution in [0.25, 0.3) is 0 Å². The minimum Gasteiger partial charge on any atom is -0.462 e. The molecule has 258 valence electrons. The van der Waals surface area contributed by atoms with Crippen molar-refractivity contribution in [3.8, 4) is 0 Å². The van der Waals surface area contributed by atoms with E-state index < -0.39 is 18.5 Å². The molecule has 1 fully saturated rings. The molecule has 12 atom stereocenters. The van der Waals surface area contributed by atoms with Crippen LogP contribution in [0.2, 0.25) is 0 Å². The summed E-state index contributed by atoms with van der Waals surface area (Å²) in [4.78, 5) is 40.7. The van der Waals surface area contributed by atoms with Gasteiger partial charge in [-0.25, -0.2) is 4.79 Å². The summed E-state index contributed by atoms with van der Waals surface area (Å²) in [6.07, 6.45) is 4.25. The van der Waals surface area contributed by atoms with E-state index in [1.54, 1.807) is 19.3 Å². The van der Waals surface area contributed by atoms with Crippen LogP contribution in [0.1, 0.15) is 74.7 Å². The SMILES string of the molecule is CC[C@H]1OC(=O)C[C@@H](C)[C@H](C)[C@@H](OC2OC(C)C(C)C(N(C)C)C2OC)[C@@H](C)C[C@@H](C)C(=O)/C=C/C(C)=C/[C@@H]1COC(=O)NC. The van der Waals surface area contributed by atoms with Gasteiger partial charge in [-0.15, -0.1) is 0 Å². The number of alkyl carbamates (subject to hydrolysis) is 1. The molecule has 1 N–H and O–H groups in total. The van der Waals surface area contributed by atoms with E-state index in [4.69, 9.17) is 23.7 Å². The van der Waals surface area contributed by atoms with Gasteiger partial charge in [0.15, 0.2) is 12.1 Å². The number of carbonyl (C=O) groups excluding carboxylic acids is 3. The first-order valence-electron chi connectivity index (χ1n) is 16.6. The first-order valence-corrected chi connectivity index (χ1v) is 16.6. The summed E-state index contributed by atoms with van der Waals surface area (Å²) in [5, 5.41) is 2.45. The largest absolute Gasteiger partial charge is 0.462 e. The molecule has 10 nitrogen and oxygen atoms in total. The van der Waals surface area contributed by atoms with Gasteiger partial charge in [-0.3, -0.25) is 9.59 Å². The van der Waals surface area contributed by atoms with Gasteiger partial charge in [-0.2, -0.15) is 0 Å². The van der Waals surface area contributed by atoms with Crippen LogP contribution in [-0.4, -0.2) is 94.4 Å². The maximum Gasteiger partial charge on any atom is 0.406 e. The Balaban J connectivity index is 2.46. The number of hydrogen-bond donors (Lipinski definition) is 1. The molecule has 10 heteroatoms. The van der Waals surface area contributed by atoms with E-state index in [2.05, 4.69) is 37.9 Å². The predicted molar refractivity (Wildman–Crippen MR) is 175 cm³/mol. The van der Waals surface area contributed by atoms with Crippen molar-refractivity contribution in [1.29, 1.82) is 0 Å². The van der Waals surface area contributed by atoms with Crippen LogP contribution in [0.5, 0.6) is 0 Å². The van der Waals surface area contributed by atoms with E-state index in [1.165, 1.54) is 7.05 Å². The van der Waals surface area contributed by atoms with Crippen LogP contribution in [0.15, 0.2) is 23.8 Å². The maximum absolute atomic E-state index is 13.4. The molecule has 2 heterocycles. The number of amides is 1. The molecular formula is C35H60N2O8. The number of rotatable bonds is 7. The minimum absolute atomic E-state index is 0.0152. The number of ketones is 1. The lowest BCUT2D eigenvalue weighted by atomic mass is 9.79. The van der Waals surface area contributed by atoms with Gasteiger partial charge >= 0.3 is 12.1 Å². The predicted octanol–water partition coefficient (Wildman–Crippen LogP) is 5.40. The fourth-order valence-corrected chi connectivity index (χ4v) is 6.75. The molecular weight excluding hydrogens is 576 g/mol. The summed E-state index contributed by atoms with van der Waals surface area (Å²) >= 11 is 0. The number of likely N-dealkylation sites (N-methyl/N-ethyl adjacent to an activating group) is 1. The average Bonchev–Trinajstić information content (AvgIpc) is 2.99. The molecule has 2 aliphatic heterocycles. The first-order chi connectivity index (χ1) is 21.1. The molecule has 0 aromatic heterocycles. The van der Waals surface area contributed by atoms with Gasteiger partial charge in [0.2, 0.25) is 0 Å². The molecule has 1 saturated heterocycles. The van der Waals surface area contributed by atoms with Crippen molar-refractivity contribution in [2.45, 2.75) is 111 Å². The number of cyclic esters (lactones) is 1. The lowest BCUT2D eigenvalue weighted by Crippen LogP contribution is -2.60. The van der Waals surface area contributed by atoms with Crippen molar-refractivity contribution < 1.29 is 38.1 Å². The van der Waals surface area contributed by atoms with Crippen molar-refractivity contribution in [2.75, 3.05) is 34.9 Å². The van der Waals surface area contributed by atoms with Crippen molar-refractivity contribution in [2.24, 2.45) is 35.5 Å². The quantitative estimate of drug-likeness (QED) is 0.367. The first kappa shape index (κ1) is 38.9. The third-order valence-corrected chi connectivity index (χ3v) is 9.83. The Morgan fingerprint density at radius 3 is 2.27 bits per heavy atom. The molecule has 2 aliphatic rings. The molecule has 0 saturated carbocycles. The zero-order chi connectivity index (χ0) is 34.0. The van der Waals surface area contributed by atoms with E-state index in [0.717, 1.165) is 5.57 Å². The number of nitrogens with one attached hydrogen (secondary N) is 1. The Morgan fingerprint density at radius 2 is 1.69 bits per heavy atom. The van der Waals surface area contributed by atoms with Gasteiger partial charge < -0.3 is 33.9 Å². The summed E-state index contributed by atoms with van der Waals surface area (Å²) in [7, 11) is 7.27. The van der Waals surface area contributed by atoms with Crippen LogP contribution < -0.4 is 5.32 Å². The minimum atomic E-state index is -0.613. The highest BCUT2D eigenvalue weighted by Crippen LogP contribution is 2.36. The van der Waals surface area contributed by atoms with E-state index in [1.807, 2.05) is 47.9 Å². The molecule has 0 aromatic carbocycles. The molecule has 0 bridgehead atoms. The second-order valence-electron chi connectivity index (χ2n) is 13.6. The van der Waals surface area contributed by atoms with Crippen LogP contribution in [0.3, 0.4) is 0 Å². The molecule has 2 rings (SSSR count). The smallest absolute Gasteiger partial charge is 0.406 e. The summed E-state index contributed by atoms with van der Waals surface area (Å²) in [6.45, 7) is 16.3. The molecule has 0 aromatic rings. The Labute approximate surface area is 271 Å². The van der Waals surface area contributed by atoms with E-state index in [-0.39, 0.29) is 84.6 Å². The number of nitrogens with zero attached hydrogens (tertiary/aromatic N) is 1. The van der Waals surface area contributed by atoms with Crippen LogP contribution in [0.4, 0.5) is 4.79 Å². The second kappa shape index (κ2) is 18.2. The highest BCUT2D eigenvalue weighted by molar-refractivity contribution is 5.91. The number of methoxy groups -OCH3 is 1. The summed E-state index contributed by atoms with van der Waals surface area (Å²) in [6, 6.07) is 0.0844. The summed E-state index contributed by atoms with van der Waals surface area (Å²) < 4.78 is 30.7. The normalized spacial score (nSPS) is 39.4. The van der Waals surface area contributed by atoms with Gasteiger partial charge in [0.1, 0.15) is 18.8 Å². The average molecular weight is 637 g/mol. The Bertz CT molecular complexity index is 1030. The third kappa shape index (κ3) is 10.9. The van der Waals surface area contributed by atoms with Crippen molar-refractivity contribution in [1.82, 2.24) is 10.2 Å². The van der Waals surface area contributed by atoms with Crippen LogP contribution >= 0.6 is 0 Å². The van der Waals surface area contributed by atoms with E-state index in [9.17, 15) is 14.4 Å². The Hall–Kier alpha value is -2.27. The Morgan fingerprint density at radius 1 is 1.02 bits per heavy atom. The highest BCUT2D eigenvalue weighted by Gasteiger charge is 2.46. The van der Waals surface area contributed by atoms with Gasteiger partial charge in [-0.05, 0) is 64.6 Å². The topological polar surface area (TPSA) is 113 Å². The zero-order valence-electron chi connectivity index (χ0n) is 29.7. The molecule has 0 aliphatic carbocycles. The number of allylic oxidation sites excluding steroid dienone is 3. The number of carbonyl (C=O) groups is 3. The van der Waals surface area contributed by atoms with Crippen LogP contribution in [0, 0.1) is 35.5 Å². The van der Waals surface area contributed by atoms with Gasteiger partial charge in [0.05, 0.1) is 12.2 Å². The molecule has 5 unspecified atom stereocenters. The van der Waals surface area contributed by atoms with Gasteiger partial charge in [0.25, 0.3) is 0 Å². The van der Waals surface area contributed by atoms with E-state index >= 15 is 0 Å². The maximum atomic E-state index is 13.4. The van der Waals surface area contributed by atoms with E-state index in [0.29, 0.717) is 12.8 Å². The standard InChI is InChI=1S/C35H60N2O8/c1-13-29-27(19-42-35(40)36-9)16-20(2)14-15-28(38)22(4)17-23(5)32(24(6)21(3)18-30(39)44-29)45-34-33(41-12)31(37(10)11)25(7)26(8)43-34/h14-16,21-27,29,31-34H,13,17-19H2,1-12H3,(H,36,40)/b15-14+,20-16+/t21-,22-,23+,24+,25?,26?,27-,29-,31?,32+,33?,34?/m1/s1. The summed E-state index contributed by atoms with van der Waals surface area (Å²) in [5.41, 5.74) is 0.817. The highest BCUT2D eigenvalue weighted by atomic mass is 16.7. The van der Waals surface area contributed by atoms with Crippen molar-refractivity contribution in [3.63, 3.8) is 0 Å². The van der Waals surface area contributed by atoms with Gasteiger partial charge in [0, 0.05) is 44.4 Å². The number of esters is 1. The van der Waals surface area contributed by atoms with Crippen molar-refractivity contribution in [3.05, 3.63) is 23.8 Å². The monoisotopic (exact) mass is 636 g/mol. The fraction of sp³-hybridized carbons (Fsp3) is 0.800. The second-order valence-corrected chi connectivity index (χ2v) is 13.6. The van der Waals surface area contributed by atoms with Crippen LogP contribution in [-0.2, 0) is 33.3 Å². The summed E-state index contributed by atoms with van der Waals surface area (Å²) in [5.74, 6) is -0.863. The van der Waals surface area contributed by atoms with Crippen molar-refractivity contribution >= 4 is 17.8 Å².